The first-order valence-electron chi connectivity index (χ1n) is 5.68. The Morgan fingerprint density at radius 1 is 1.25 bits per heavy atom. The van der Waals surface area contributed by atoms with Gasteiger partial charge in [-0.15, -0.1) is 0 Å². The Morgan fingerprint density at radius 3 is 2.69 bits per heavy atom. The fourth-order valence-electron chi connectivity index (χ4n) is 2.23. The number of thioether (sulfide) groups is 1. The predicted octanol–water partition coefficient (Wildman–Crippen LogP) is 1.83. The molecule has 1 saturated heterocycles. The molecule has 0 spiro atoms. The van der Waals surface area contributed by atoms with Crippen molar-refractivity contribution in [2.24, 2.45) is 5.92 Å². The average Bonchev–Trinajstić information content (AvgIpc) is 2.64. The molecule has 1 saturated carbocycles. The molecule has 0 aromatic heterocycles. The molecule has 2 amide bonds. The Kier molecular flexibility index (Phi) is 3.63. The molecule has 2 rings (SSSR count). The third kappa shape index (κ3) is 2.45. The number of carbonyl (C=O) groups excluding carboxylic acids is 3. The maximum Gasteiger partial charge on any atom is 0.288 e. The number of imide groups is 1. The molecule has 2 fully saturated rings. The van der Waals surface area contributed by atoms with Gasteiger partial charge in [0.15, 0.2) is 0 Å². The highest BCUT2D eigenvalue weighted by Gasteiger charge is 2.29. The summed E-state index contributed by atoms with van der Waals surface area (Å²) in [5, 5.41) is -0.151. The maximum atomic E-state index is 11.5. The number of carbonyl (C=O) groups is 3. The third-order valence-corrected chi connectivity index (χ3v) is 4.07. The summed E-state index contributed by atoms with van der Waals surface area (Å²) in [6.07, 6.45) is 3.63. The van der Waals surface area contributed by atoms with Gasteiger partial charge in [-0.2, -0.15) is 0 Å². The molecule has 1 heterocycles. The smallest absolute Gasteiger partial charge is 0.288 e. The van der Waals surface area contributed by atoms with Crippen molar-refractivity contribution in [3.05, 3.63) is 0 Å². The van der Waals surface area contributed by atoms with Gasteiger partial charge >= 0.3 is 0 Å². The quantitative estimate of drug-likeness (QED) is 0.756. The minimum absolute atomic E-state index is 0.0764. The second-order valence-corrected chi connectivity index (χ2v) is 5.30. The molecule has 1 atom stereocenters. The van der Waals surface area contributed by atoms with Crippen molar-refractivity contribution in [1.29, 1.82) is 0 Å². The van der Waals surface area contributed by atoms with Crippen LogP contribution in [0.4, 0.5) is 4.79 Å². The molecule has 4 nitrogen and oxygen atoms in total. The van der Waals surface area contributed by atoms with Crippen LogP contribution in [0, 0.1) is 5.92 Å². The van der Waals surface area contributed by atoms with Gasteiger partial charge in [0.2, 0.25) is 5.91 Å². The monoisotopic (exact) mass is 241 g/mol. The van der Waals surface area contributed by atoms with Gasteiger partial charge in [0.25, 0.3) is 5.24 Å². The summed E-state index contributed by atoms with van der Waals surface area (Å²) in [4.78, 5) is 35.7. The molecule has 1 unspecified atom stereocenters. The van der Waals surface area contributed by atoms with Gasteiger partial charge in [0.1, 0.15) is 5.78 Å². The number of amides is 2. The van der Waals surface area contributed by atoms with Crippen LogP contribution in [0.25, 0.3) is 0 Å². The first kappa shape index (κ1) is 11.6. The van der Waals surface area contributed by atoms with Crippen LogP contribution in [0.3, 0.4) is 0 Å². The van der Waals surface area contributed by atoms with E-state index in [4.69, 9.17) is 0 Å². The standard InChI is InChI=1S/C11H15NO3S/c13-9-3-1-2-8(9)4-6-12-10(14)5-7-16-11(12)15/h8H,1-7H2. The highest BCUT2D eigenvalue weighted by atomic mass is 32.2. The summed E-state index contributed by atoms with van der Waals surface area (Å²) >= 11 is 1.19. The zero-order valence-corrected chi connectivity index (χ0v) is 9.92. The van der Waals surface area contributed by atoms with E-state index in [-0.39, 0.29) is 17.1 Å². The Morgan fingerprint density at radius 2 is 2.06 bits per heavy atom. The van der Waals surface area contributed by atoms with E-state index in [1.165, 1.54) is 16.7 Å². The van der Waals surface area contributed by atoms with Crippen LogP contribution in [-0.4, -0.2) is 34.1 Å². The van der Waals surface area contributed by atoms with Crippen LogP contribution in [0.15, 0.2) is 0 Å². The summed E-state index contributed by atoms with van der Waals surface area (Å²) in [6, 6.07) is 0. The van der Waals surface area contributed by atoms with E-state index in [0.717, 1.165) is 12.8 Å². The number of rotatable bonds is 3. The Balaban J connectivity index is 1.86. The number of hydrogen-bond acceptors (Lipinski definition) is 4. The molecule has 0 aromatic carbocycles. The number of ketones is 1. The summed E-state index contributed by atoms with van der Waals surface area (Å²) in [5.41, 5.74) is 0. The van der Waals surface area contributed by atoms with Crippen LogP contribution in [0.1, 0.15) is 32.1 Å². The van der Waals surface area contributed by atoms with E-state index in [2.05, 4.69) is 0 Å². The van der Waals surface area contributed by atoms with Gasteiger partial charge in [-0.05, 0) is 19.3 Å². The van der Waals surface area contributed by atoms with Gasteiger partial charge in [0.05, 0.1) is 0 Å². The second-order valence-electron chi connectivity index (χ2n) is 4.25. The van der Waals surface area contributed by atoms with E-state index in [0.29, 0.717) is 37.3 Å². The van der Waals surface area contributed by atoms with E-state index in [1.54, 1.807) is 0 Å². The highest BCUT2D eigenvalue weighted by molar-refractivity contribution is 8.13. The lowest BCUT2D eigenvalue weighted by Gasteiger charge is -2.24. The van der Waals surface area contributed by atoms with Gasteiger partial charge < -0.3 is 0 Å². The van der Waals surface area contributed by atoms with Gasteiger partial charge in [-0.25, -0.2) is 0 Å². The highest BCUT2D eigenvalue weighted by Crippen LogP contribution is 2.26. The summed E-state index contributed by atoms with van der Waals surface area (Å²) in [7, 11) is 0. The molecule has 1 aliphatic heterocycles. The fraction of sp³-hybridized carbons (Fsp3) is 0.727. The summed E-state index contributed by atoms with van der Waals surface area (Å²) in [5.74, 6) is 0.877. The SMILES string of the molecule is O=C1CCCC1CCN1C(=O)CCSC1=O. The Hall–Kier alpha value is -0.840. The molecule has 0 bridgehead atoms. The van der Waals surface area contributed by atoms with Crippen LogP contribution >= 0.6 is 11.8 Å². The minimum atomic E-state index is -0.151. The van der Waals surface area contributed by atoms with Crippen LogP contribution < -0.4 is 0 Å². The third-order valence-electron chi connectivity index (χ3n) is 3.20. The first-order chi connectivity index (χ1) is 7.68. The Labute approximate surface area is 98.7 Å². The topological polar surface area (TPSA) is 54.5 Å². The van der Waals surface area contributed by atoms with Crippen molar-refractivity contribution >= 4 is 28.7 Å². The normalized spacial score (nSPS) is 26.6. The molecule has 0 N–H and O–H groups in total. The summed E-state index contributed by atoms with van der Waals surface area (Å²) < 4.78 is 0. The van der Waals surface area contributed by atoms with Crippen LogP contribution in [0.2, 0.25) is 0 Å². The molecule has 1 aliphatic carbocycles. The summed E-state index contributed by atoms with van der Waals surface area (Å²) in [6.45, 7) is 0.418. The van der Waals surface area contributed by atoms with E-state index in [9.17, 15) is 14.4 Å². The largest absolute Gasteiger partial charge is 0.299 e. The van der Waals surface area contributed by atoms with Gasteiger partial charge in [0, 0.05) is 31.1 Å². The number of Topliss-reactive ketones (excluding diaryl/α,β-unsaturated/α-hetero) is 1. The fourth-order valence-corrected chi connectivity index (χ4v) is 3.03. The molecule has 2 aliphatic rings. The second kappa shape index (κ2) is 4.99. The molecule has 0 radical (unpaired) electrons. The van der Waals surface area contributed by atoms with Crippen molar-refractivity contribution in [2.45, 2.75) is 32.1 Å². The number of nitrogens with zero attached hydrogens (tertiary/aromatic N) is 1. The van der Waals surface area contributed by atoms with E-state index < -0.39 is 0 Å². The van der Waals surface area contributed by atoms with E-state index >= 15 is 0 Å². The van der Waals surface area contributed by atoms with Gasteiger partial charge in [-0.3, -0.25) is 19.3 Å². The molecule has 5 heteroatoms. The van der Waals surface area contributed by atoms with Crippen LogP contribution in [0.5, 0.6) is 0 Å². The zero-order chi connectivity index (χ0) is 11.5. The Bertz CT molecular complexity index is 313. The maximum absolute atomic E-state index is 11.5. The van der Waals surface area contributed by atoms with Crippen LogP contribution in [-0.2, 0) is 9.59 Å². The molecular weight excluding hydrogens is 226 g/mol. The van der Waals surface area contributed by atoms with E-state index in [1.807, 2.05) is 0 Å². The molecule has 88 valence electrons. The van der Waals surface area contributed by atoms with Crippen molar-refractivity contribution in [3.8, 4) is 0 Å². The lowest BCUT2D eigenvalue weighted by molar-refractivity contribution is -0.128. The first-order valence-corrected chi connectivity index (χ1v) is 6.67. The zero-order valence-electron chi connectivity index (χ0n) is 9.11. The molecular formula is C11H15NO3S. The lowest BCUT2D eigenvalue weighted by Crippen LogP contribution is -2.39. The van der Waals surface area contributed by atoms with Gasteiger partial charge in [-0.1, -0.05) is 11.8 Å². The van der Waals surface area contributed by atoms with Crippen molar-refractivity contribution in [1.82, 2.24) is 4.90 Å². The average molecular weight is 241 g/mol. The predicted molar refractivity (Wildman–Crippen MR) is 61.1 cm³/mol. The van der Waals surface area contributed by atoms with Crippen molar-refractivity contribution < 1.29 is 14.4 Å². The van der Waals surface area contributed by atoms with Crippen molar-refractivity contribution in [2.75, 3.05) is 12.3 Å². The van der Waals surface area contributed by atoms with Crippen molar-refractivity contribution in [3.63, 3.8) is 0 Å². The minimum Gasteiger partial charge on any atom is -0.299 e. The lowest BCUT2D eigenvalue weighted by atomic mass is 10.0. The molecule has 0 aromatic rings. The molecule has 16 heavy (non-hydrogen) atoms. The number of hydrogen-bond donors (Lipinski definition) is 0.